The Morgan fingerprint density at radius 1 is 1.15 bits per heavy atom. The van der Waals surface area contributed by atoms with E-state index in [0.717, 1.165) is 5.56 Å². The van der Waals surface area contributed by atoms with Crippen molar-refractivity contribution in [2.75, 3.05) is 13.7 Å². The van der Waals surface area contributed by atoms with Crippen LogP contribution in [0.4, 0.5) is 0 Å². The number of aromatic nitrogens is 1. The van der Waals surface area contributed by atoms with Crippen molar-refractivity contribution >= 4 is 21.6 Å². The molecule has 0 aliphatic carbocycles. The lowest BCUT2D eigenvalue weighted by atomic mass is 10.1. The van der Waals surface area contributed by atoms with Crippen molar-refractivity contribution in [1.29, 1.82) is 0 Å². The van der Waals surface area contributed by atoms with E-state index >= 15 is 0 Å². The summed E-state index contributed by atoms with van der Waals surface area (Å²) in [5.74, 6) is 1.31. The standard InChI is InChI=1S/C18H17ClN2O4S/c1-24-15-6-4-5-13(11-15)17-12-14(21-25-17)9-10-20-26(22,23)18-8-3-2-7-16(18)19/h2-8,11-12,20H,9-10H2,1H3. The van der Waals surface area contributed by atoms with Crippen molar-refractivity contribution in [3.05, 3.63) is 65.3 Å². The van der Waals surface area contributed by atoms with E-state index in [1.54, 1.807) is 25.3 Å². The van der Waals surface area contributed by atoms with Crippen molar-refractivity contribution in [2.45, 2.75) is 11.3 Å². The van der Waals surface area contributed by atoms with E-state index in [0.29, 0.717) is 23.6 Å². The summed E-state index contributed by atoms with van der Waals surface area (Å²) in [6.45, 7) is 0.178. The molecule has 0 amide bonds. The molecule has 2 aromatic carbocycles. The van der Waals surface area contributed by atoms with Gasteiger partial charge in [-0.3, -0.25) is 0 Å². The Balaban J connectivity index is 1.64. The minimum Gasteiger partial charge on any atom is -0.497 e. The molecule has 3 rings (SSSR count). The van der Waals surface area contributed by atoms with Crippen LogP contribution < -0.4 is 9.46 Å². The molecular weight excluding hydrogens is 376 g/mol. The van der Waals surface area contributed by atoms with Crippen LogP contribution in [0.2, 0.25) is 5.02 Å². The Morgan fingerprint density at radius 2 is 1.96 bits per heavy atom. The first-order valence-electron chi connectivity index (χ1n) is 7.84. The van der Waals surface area contributed by atoms with Crippen LogP contribution >= 0.6 is 11.6 Å². The van der Waals surface area contributed by atoms with Gasteiger partial charge >= 0.3 is 0 Å². The highest BCUT2D eigenvalue weighted by Crippen LogP contribution is 2.24. The zero-order valence-electron chi connectivity index (χ0n) is 14.0. The summed E-state index contributed by atoms with van der Waals surface area (Å²) in [7, 11) is -2.08. The predicted molar refractivity (Wildman–Crippen MR) is 98.8 cm³/mol. The monoisotopic (exact) mass is 392 g/mol. The summed E-state index contributed by atoms with van der Waals surface area (Å²) >= 11 is 5.94. The quantitative estimate of drug-likeness (QED) is 0.665. The molecule has 0 aliphatic rings. The van der Waals surface area contributed by atoms with Crippen LogP contribution in [0.25, 0.3) is 11.3 Å². The van der Waals surface area contributed by atoms with Gasteiger partial charge in [-0.15, -0.1) is 0 Å². The highest BCUT2D eigenvalue weighted by molar-refractivity contribution is 7.89. The van der Waals surface area contributed by atoms with Crippen molar-refractivity contribution in [3.8, 4) is 17.1 Å². The Labute approximate surface area is 156 Å². The first kappa shape index (κ1) is 18.4. The Kier molecular flexibility index (Phi) is 5.61. The van der Waals surface area contributed by atoms with Gasteiger partial charge in [0.25, 0.3) is 0 Å². The van der Waals surface area contributed by atoms with Crippen LogP contribution in [0, 0.1) is 0 Å². The number of ether oxygens (including phenoxy) is 1. The number of sulfonamides is 1. The van der Waals surface area contributed by atoms with Crippen LogP contribution in [0.1, 0.15) is 5.69 Å². The van der Waals surface area contributed by atoms with Crippen LogP contribution in [0.3, 0.4) is 0 Å². The summed E-state index contributed by atoms with van der Waals surface area (Å²) in [4.78, 5) is 0.0545. The molecular formula is C18H17ClN2O4S. The van der Waals surface area contributed by atoms with Crippen LogP contribution in [-0.4, -0.2) is 27.2 Å². The maximum Gasteiger partial charge on any atom is 0.242 e. The van der Waals surface area contributed by atoms with Gasteiger partial charge in [-0.2, -0.15) is 0 Å². The average molecular weight is 393 g/mol. The van der Waals surface area contributed by atoms with Gasteiger partial charge in [0, 0.05) is 24.6 Å². The maximum absolute atomic E-state index is 12.3. The number of methoxy groups -OCH3 is 1. The number of nitrogens with one attached hydrogen (secondary N) is 1. The molecule has 0 spiro atoms. The maximum atomic E-state index is 12.3. The molecule has 0 unspecified atom stereocenters. The Bertz CT molecular complexity index is 1000. The summed E-state index contributed by atoms with van der Waals surface area (Å²) in [6, 6.07) is 15.5. The van der Waals surface area contributed by atoms with Gasteiger partial charge in [0.1, 0.15) is 10.6 Å². The fraction of sp³-hybridized carbons (Fsp3) is 0.167. The van der Waals surface area contributed by atoms with Gasteiger partial charge in [-0.05, 0) is 24.3 Å². The minimum absolute atomic E-state index is 0.0545. The molecule has 0 fully saturated rings. The summed E-state index contributed by atoms with van der Waals surface area (Å²) in [5, 5.41) is 4.16. The third kappa shape index (κ3) is 4.24. The SMILES string of the molecule is COc1cccc(-c2cc(CCNS(=O)(=O)c3ccccc3Cl)no2)c1. The molecule has 0 saturated carbocycles. The van der Waals surface area contributed by atoms with Gasteiger partial charge in [0.2, 0.25) is 10.0 Å². The number of hydrogen-bond donors (Lipinski definition) is 1. The fourth-order valence-corrected chi connectivity index (χ4v) is 3.95. The van der Waals surface area contributed by atoms with Crippen molar-refractivity contribution < 1.29 is 17.7 Å². The lowest BCUT2D eigenvalue weighted by molar-refractivity contribution is 0.412. The molecule has 1 N–H and O–H groups in total. The molecule has 136 valence electrons. The van der Waals surface area contributed by atoms with Gasteiger partial charge in [0.15, 0.2) is 5.76 Å². The smallest absolute Gasteiger partial charge is 0.242 e. The summed E-state index contributed by atoms with van der Waals surface area (Å²) < 4.78 is 37.6. The fourth-order valence-electron chi connectivity index (χ4n) is 2.40. The number of nitrogens with zero attached hydrogens (tertiary/aromatic N) is 1. The third-order valence-electron chi connectivity index (χ3n) is 3.71. The van der Waals surface area contributed by atoms with Gasteiger partial charge in [-0.1, -0.05) is 41.0 Å². The lowest BCUT2D eigenvalue weighted by Crippen LogP contribution is -2.26. The number of halogens is 1. The normalized spacial score (nSPS) is 11.5. The topological polar surface area (TPSA) is 81.4 Å². The number of hydrogen-bond acceptors (Lipinski definition) is 5. The first-order chi connectivity index (χ1) is 12.5. The van der Waals surface area contributed by atoms with Gasteiger partial charge < -0.3 is 9.26 Å². The highest BCUT2D eigenvalue weighted by atomic mass is 35.5. The molecule has 3 aromatic rings. The molecule has 8 heteroatoms. The number of benzene rings is 2. The molecule has 0 aliphatic heterocycles. The lowest BCUT2D eigenvalue weighted by Gasteiger charge is -2.07. The van der Waals surface area contributed by atoms with E-state index < -0.39 is 10.0 Å². The molecule has 1 heterocycles. The Morgan fingerprint density at radius 3 is 2.73 bits per heavy atom. The van der Waals surface area contributed by atoms with Crippen molar-refractivity contribution in [3.63, 3.8) is 0 Å². The highest BCUT2D eigenvalue weighted by Gasteiger charge is 2.17. The second-order valence-electron chi connectivity index (χ2n) is 5.49. The van der Waals surface area contributed by atoms with Gasteiger partial charge in [-0.25, -0.2) is 13.1 Å². The zero-order chi connectivity index (χ0) is 18.6. The van der Waals surface area contributed by atoms with E-state index in [9.17, 15) is 8.42 Å². The number of rotatable bonds is 7. The van der Waals surface area contributed by atoms with E-state index in [1.165, 1.54) is 12.1 Å². The largest absolute Gasteiger partial charge is 0.497 e. The predicted octanol–water partition coefficient (Wildman–Crippen LogP) is 3.52. The van der Waals surface area contributed by atoms with E-state index in [2.05, 4.69) is 9.88 Å². The summed E-state index contributed by atoms with van der Waals surface area (Å²) in [5.41, 5.74) is 1.48. The van der Waals surface area contributed by atoms with Crippen LogP contribution in [-0.2, 0) is 16.4 Å². The second-order valence-corrected chi connectivity index (χ2v) is 7.64. The minimum atomic E-state index is -3.67. The molecule has 26 heavy (non-hydrogen) atoms. The van der Waals surface area contributed by atoms with Crippen molar-refractivity contribution in [1.82, 2.24) is 9.88 Å². The summed E-state index contributed by atoms with van der Waals surface area (Å²) in [6.07, 6.45) is 0.386. The van der Waals surface area contributed by atoms with Crippen LogP contribution in [0.5, 0.6) is 5.75 Å². The molecule has 1 aromatic heterocycles. The molecule has 0 saturated heterocycles. The van der Waals surface area contributed by atoms with E-state index in [4.69, 9.17) is 20.9 Å². The van der Waals surface area contributed by atoms with E-state index in [-0.39, 0.29) is 16.5 Å². The third-order valence-corrected chi connectivity index (χ3v) is 5.67. The molecule has 0 bridgehead atoms. The Hall–Kier alpha value is -2.35. The molecule has 0 atom stereocenters. The van der Waals surface area contributed by atoms with E-state index in [1.807, 2.05) is 24.3 Å². The second kappa shape index (κ2) is 7.90. The zero-order valence-corrected chi connectivity index (χ0v) is 15.5. The molecule has 6 nitrogen and oxygen atoms in total. The van der Waals surface area contributed by atoms with Crippen molar-refractivity contribution in [2.24, 2.45) is 0 Å². The first-order valence-corrected chi connectivity index (χ1v) is 9.70. The van der Waals surface area contributed by atoms with Gasteiger partial charge in [0.05, 0.1) is 17.8 Å². The molecule has 0 radical (unpaired) electrons. The average Bonchev–Trinajstić information content (AvgIpc) is 3.11. The van der Waals surface area contributed by atoms with Crippen LogP contribution in [0.15, 0.2) is 64.0 Å².